The lowest BCUT2D eigenvalue weighted by molar-refractivity contribution is 0.378. The van der Waals surface area contributed by atoms with E-state index in [2.05, 4.69) is 5.32 Å². The molecule has 60 valence electrons. The van der Waals surface area contributed by atoms with Crippen molar-refractivity contribution in [3.05, 3.63) is 30.3 Å². The number of nitrogens with one attached hydrogen (secondary N) is 1. The number of anilines is 1. The monoisotopic (exact) mass is 153 g/mol. The molecule has 0 spiro atoms. The summed E-state index contributed by atoms with van der Waals surface area (Å²) in [5, 5.41) is 2.97. The van der Waals surface area contributed by atoms with Gasteiger partial charge in [0.15, 0.2) is 0 Å². The lowest BCUT2D eigenvalue weighted by Gasteiger charge is -2.05. The van der Waals surface area contributed by atoms with Gasteiger partial charge in [-0.15, -0.1) is 0 Å². The van der Waals surface area contributed by atoms with Gasteiger partial charge in [0.25, 0.3) is 0 Å². The molecule has 0 saturated carbocycles. The third kappa shape index (κ3) is 3.03. The van der Waals surface area contributed by atoms with Crippen LogP contribution < -0.4 is 5.32 Å². The molecule has 0 amide bonds. The summed E-state index contributed by atoms with van der Waals surface area (Å²) in [6.45, 7) is 1.92. The van der Waals surface area contributed by atoms with Gasteiger partial charge in [0, 0.05) is 12.2 Å². The molecule has 1 aromatic carbocycles. The van der Waals surface area contributed by atoms with E-state index < -0.39 is 6.17 Å². The van der Waals surface area contributed by atoms with Gasteiger partial charge in [0.1, 0.15) is 6.17 Å². The summed E-state index contributed by atoms with van der Waals surface area (Å²) in [6.07, 6.45) is -0.796. The second-order valence-electron chi connectivity index (χ2n) is 2.53. The highest BCUT2D eigenvalue weighted by atomic mass is 19.1. The van der Waals surface area contributed by atoms with Crippen LogP contribution in [-0.2, 0) is 0 Å². The van der Waals surface area contributed by atoms with Crippen LogP contribution in [-0.4, -0.2) is 12.7 Å². The van der Waals surface area contributed by atoms with Crippen LogP contribution in [0.3, 0.4) is 0 Å². The molecule has 1 atom stereocenters. The fourth-order valence-electron chi connectivity index (χ4n) is 0.814. The van der Waals surface area contributed by atoms with Crippen LogP contribution in [0.25, 0.3) is 0 Å². The molecule has 1 rings (SSSR count). The summed E-state index contributed by atoms with van der Waals surface area (Å²) in [6, 6.07) is 9.62. The molecule has 1 N–H and O–H groups in total. The molecular weight excluding hydrogens is 141 g/mol. The summed E-state index contributed by atoms with van der Waals surface area (Å²) in [5.74, 6) is 0. The fraction of sp³-hybridized carbons (Fsp3) is 0.333. The molecule has 0 heterocycles. The minimum atomic E-state index is -0.796. The molecule has 0 aliphatic carbocycles. The summed E-state index contributed by atoms with van der Waals surface area (Å²) in [5.41, 5.74) is 0.969. The van der Waals surface area contributed by atoms with Crippen LogP contribution in [0.2, 0.25) is 0 Å². The van der Waals surface area contributed by atoms with Crippen molar-refractivity contribution in [3.63, 3.8) is 0 Å². The quantitative estimate of drug-likeness (QED) is 0.703. The van der Waals surface area contributed by atoms with Crippen LogP contribution in [0.5, 0.6) is 0 Å². The van der Waals surface area contributed by atoms with Crippen molar-refractivity contribution in [2.75, 3.05) is 11.9 Å². The summed E-state index contributed by atoms with van der Waals surface area (Å²) >= 11 is 0. The number of rotatable bonds is 3. The van der Waals surface area contributed by atoms with Crippen LogP contribution in [0.4, 0.5) is 10.1 Å². The van der Waals surface area contributed by atoms with E-state index in [0.717, 1.165) is 5.69 Å². The highest BCUT2D eigenvalue weighted by molar-refractivity contribution is 5.42. The van der Waals surface area contributed by atoms with E-state index in [0.29, 0.717) is 6.54 Å². The first-order chi connectivity index (χ1) is 5.29. The predicted octanol–water partition coefficient (Wildman–Crippen LogP) is 2.46. The minimum absolute atomic E-state index is 0.379. The van der Waals surface area contributed by atoms with Crippen LogP contribution >= 0.6 is 0 Å². The SMILES string of the molecule is CC(F)CNc1ccccc1. The molecule has 0 bridgehead atoms. The van der Waals surface area contributed by atoms with Gasteiger partial charge in [-0.25, -0.2) is 4.39 Å². The maximum absolute atomic E-state index is 12.3. The van der Waals surface area contributed by atoms with E-state index in [4.69, 9.17) is 0 Å². The third-order valence-corrected chi connectivity index (χ3v) is 1.36. The number of para-hydroxylation sites is 1. The second-order valence-corrected chi connectivity index (χ2v) is 2.53. The van der Waals surface area contributed by atoms with Gasteiger partial charge in [-0.2, -0.15) is 0 Å². The zero-order chi connectivity index (χ0) is 8.10. The van der Waals surface area contributed by atoms with E-state index in [1.807, 2.05) is 30.3 Å². The van der Waals surface area contributed by atoms with Crippen LogP contribution in [0, 0.1) is 0 Å². The standard InChI is InChI=1S/C9H12FN/c1-8(10)7-11-9-5-3-2-4-6-9/h2-6,8,11H,7H2,1H3. The Morgan fingerprint density at radius 1 is 1.36 bits per heavy atom. The van der Waals surface area contributed by atoms with Gasteiger partial charge in [0.2, 0.25) is 0 Å². The summed E-state index contributed by atoms with van der Waals surface area (Å²) in [7, 11) is 0. The maximum atomic E-state index is 12.3. The zero-order valence-corrected chi connectivity index (χ0v) is 6.55. The molecule has 0 fully saturated rings. The van der Waals surface area contributed by atoms with Crippen LogP contribution in [0.15, 0.2) is 30.3 Å². The van der Waals surface area contributed by atoms with Crippen molar-refractivity contribution in [2.45, 2.75) is 13.1 Å². The molecular formula is C9H12FN. The molecule has 0 aliphatic heterocycles. The van der Waals surface area contributed by atoms with E-state index >= 15 is 0 Å². The Kier molecular flexibility index (Phi) is 2.90. The Bertz CT molecular complexity index is 196. The lowest BCUT2D eigenvalue weighted by Crippen LogP contribution is -2.10. The van der Waals surface area contributed by atoms with Gasteiger partial charge in [-0.1, -0.05) is 18.2 Å². The Balaban J connectivity index is 2.39. The van der Waals surface area contributed by atoms with Gasteiger partial charge >= 0.3 is 0 Å². The average Bonchev–Trinajstić information content (AvgIpc) is 2.03. The summed E-state index contributed by atoms with van der Waals surface area (Å²) < 4.78 is 12.3. The third-order valence-electron chi connectivity index (χ3n) is 1.36. The molecule has 1 aromatic rings. The van der Waals surface area contributed by atoms with Crippen molar-refractivity contribution >= 4 is 5.69 Å². The van der Waals surface area contributed by atoms with Crippen molar-refractivity contribution in [1.82, 2.24) is 0 Å². The lowest BCUT2D eigenvalue weighted by atomic mass is 10.3. The molecule has 1 unspecified atom stereocenters. The average molecular weight is 153 g/mol. The first kappa shape index (κ1) is 8.05. The van der Waals surface area contributed by atoms with Crippen molar-refractivity contribution in [1.29, 1.82) is 0 Å². The van der Waals surface area contributed by atoms with E-state index in [1.165, 1.54) is 6.92 Å². The van der Waals surface area contributed by atoms with Crippen molar-refractivity contribution < 1.29 is 4.39 Å². The molecule has 2 heteroatoms. The molecule has 0 radical (unpaired) electrons. The first-order valence-electron chi connectivity index (χ1n) is 3.72. The largest absolute Gasteiger partial charge is 0.382 e. The smallest absolute Gasteiger partial charge is 0.114 e. The first-order valence-corrected chi connectivity index (χ1v) is 3.72. The highest BCUT2D eigenvalue weighted by Gasteiger charge is 1.95. The number of hydrogen-bond acceptors (Lipinski definition) is 1. The molecule has 0 aromatic heterocycles. The molecule has 0 saturated heterocycles. The van der Waals surface area contributed by atoms with Gasteiger partial charge in [-0.3, -0.25) is 0 Å². The number of benzene rings is 1. The maximum Gasteiger partial charge on any atom is 0.114 e. The number of halogens is 1. The highest BCUT2D eigenvalue weighted by Crippen LogP contribution is 2.04. The van der Waals surface area contributed by atoms with Crippen molar-refractivity contribution in [2.24, 2.45) is 0 Å². The Morgan fingerprint density at radius 3 is 2.55 bits per heavy atom. The van der Waals surface area contributed by atoms with Gasteiger partial charge in [0.05, 0.1) is 0 Å². The fourth-order valence-corrected chi connectivity index (χ4v) is 0.814. The summed E-state index contributed by atoms with van der Waals surface area (Å²) in [4.78, 5) is 0. The topological polar surface area (TPSA) is 12.0 Å². The second kappa shape index (κ2) is 3.96. The minimum Gasteiger partial charge on any atom is -0.382 e. The number of hydrogen-bond donors (Lipinski definition) is 1. The Morgan fingerprint density at radius 2 is 2.00 bits per heavy atom. The van der Waals surface area contributed by atoms with Crippen molar-refractivity contribution in [3.8, 4) is 0 Å². The molecule has 11 heavy (non-hydrogen) atoms. The van der Waals surface area contributed by atoms with Crippen LogP contribution in [0.1, 0.15) is 6.92 Å². The zero-order valence-electron chi connectivity index (χ0n) is 6.55. The van der Waals surface area contributed by atoms with E-state index in [-0.39, 0.29) is 0 Å². The van der Waals surface area contributed by atoms with E-state index in [1.54, 1.807) is 0 Å². The molecule has 1 nitrogen and oxygen atoms in total. The number of alkyl halides is 1. The Labute approximate surface area is 66.2 Å². The van der Waals surface area contributed by atoms with E-state index in [9.17, 15) is 4.39 Å². The predicted molar refractivity (Wildman–Crippen MR) is 45.5 cm³/mol. The normalized spacial score (nSPS) is 12.5. The molecule has 0 aliphatic rings. The van der Waals surface area contributed by atoms with Gasteiger partial charge in [-0.05, 0) is 19.1 Å². The van der Waals surface area contributed by atoms with Gasteiger partial charge < -0.3 is 5.32 Å². The Hall–Kier alpha value is -1.05.